The maximum atomic E-state index is 12.3. The fourth-order valence-electron chi connectivity index (χ4n) is 1.87. The quantitative estimate of drug-likeness (QED) is 0.676. The number of methoxy groups -OCH3 is 1. The van der Waals surface area contributed by atoms with Gasteiger partial charge in [-0.2, -0.15) is 8.99 Å². The van der Waals surface area contributed by atoms with Gasteiger partial charge in [-0.25, -0.2) is 18.2 Å². The first-order valence-corrected chi connectivity index (χ1v) is 8.56. The molecule has 0 aliphatic carbocycles. The lowest BCUT2D eigenvalue weighted by Crippen LogP contribution is -2.37. The first-order chi connectivity index (χ1) is 10.4. The third-order valence-electron chi connectivity index (χ3n) is 3.16. The normalized spacial score (nSPS) is 11.9. The van der Waals surface area contributed by atoms with Crippen LogP contribution >= 0.6 is 0 Å². The molecule has 0 aliphatic rings. The molecule has 0 aliphatic heterocycles. The van der Waals surface area contributed by atoms with E-state index in [-0.39, 0.29) is 5.16 Å². The summed E-state index contributed by atoms with van der Waals surface area (Å²) in [7, 11) is -2.22. The number of carbonyl (C=O) groups excluding carboxylic acids is 1. The minimum Gasteiger partial charge on any atom is -0.383 e. The van der Waals surface area contributed by atoms with E-state index in [9.17, 15) is 13.2 Å². The topological polar surface area (TPSA) is 97.6 Å². The van der Waals surface area contributed by atoms with Gasteiger partial charge in [0.05, 0.1) is 6.61 Å². The smallest absolute Gasteiger partial charge is 0.346 e. The Hall–Kier alpha value is -1.52. The second-order valence-corrected chi connectivity index (χ2v) is 6.25. The molecule has 0 unspecified atom stereocenters. The third-order valence-corrected chi connectivity index (χ3v) is 5.01. The van der Waals surface area contributed by atoms with Crippen molar-refractivity contribution in [2.45, 2.75) is 25.9 Å². The van der Waals surface area contributed by atoms with Crippen LogP contribution in [0.5, 0.6) is 0 Å². The minimum absolute atomic E-state index is 0.316. The van der Waals surface area contributed by atoms with Crippen molar-refractivity contribution < 1.29 is 17.9 Å². The number of hydrogen-bond acceptors (Lipinski definition) is 6. The van der Waals surface area contributed by atoms with Gasteiger partial charge in [0.25, 0.3) is 15.2 Å². The molecule has 0 N–H and O–H groups in total. The molecule has 10 heteroatoms. The number of nitrogens with zero attached hydrogens (tertiary/aromatic N) is 5. The summed E-state index contributed by atoms with van der Waals surface area (Å²) in [5, 5.41) is 3.45. The van der Waals surface area contributed by atoms with Gasteiger partial charge in [-0.15, -0.1) is 5.10 Å². The molecule has 22 heavy (non-hydrogen) atoms. The van der Waals surface area contributed by atoms with Crippen molar-refractivity contribution in [2.75, 3.05) is 39.9 Å². The predicted molar refractivity (Wildman–Crippen MR) is 80.0 cm³/mol. The lowest BCUT2D eigenvalue weighted by atomic mass is 10.5. The molecule has 9 nitrogen and oxygen atoms in total. The molecule has 0 bridgehead atoms. The molecular formula is C12H23N5O4S. The molecule has 1 rings (SSSR count). The van der Waals surface area contributed by atoms with Gasteiger partial charge in [0.1, 0.15) is 6.33 Å². The Bertz CT molecular complexity index is 582. The maximum absolute atomic E-state index is 12.3. The molecule has 1 aromatic heterocycles. The van der Waals surface area contributed by atoms with Crippen molar-refractivity contribution in [3.05, 3.63) is 6.33 Å². The summed E-state index contributed by atoms with van der Waals surface area (Å²) in [6.07, 6.45) is 1.12. The standard InChI is InChI=1S/C12H23N5O4S/c1-5-15(8-9-21-4)12(18)17-10-13-11(14-17)22(19,20)16(6-2)7-3/h10H,5-9H2,1-4H3. The predicted octanol–water partition coefficient (Wildman–Crippen LogP) is 0.245. The SMILES string of the molecule is CCN(CCOC)C(=O)n1cnc(S(=O)(=O)N(CC)CC)n1. The zero-order valence-electron chi connectivity index (χ0n) is 13.4. The van der Waals surface area contributed by atoms with Gasteiger partial charge in [0.2, 0.25) is 0 Å². The number of aromatic nitrogens is 3. The summed E-state index contributed by atoms with van der Waals surface area (Å²) in [6.45, 7) is 7.15. The Kier molecular flexibility index (Phi) is 6.91. The Morgan fingerprint density at radius 2 is 1.91 bits per heavy atom. The van der Waals surface area contributed by atoms with Crippen LogP contribution in [0, 0.1) is 0 Å². The van der Waals surface area contributed by atoms with Crippen LogP contribution in [0.25, 0.3) is 0 Å². The summed E-state index contributed by atoms with van der Waals surface area (Å²) in [5.74, 6) is 0. The molecule has 0 saturated carbocycles. The Labute approximate surface area is 130 Å². The molecule has 126 valence electrons. The molecule has 0 radical (unpaired) electrons. The van der Waals surface area contributed by atoms with Gasteiger partial charge < -0.3 is 9.64 Å². The van der Waals surface area contributed by atoms with Crippen molar-refractivity contribution in [3.8, 4) is 0 Å². The molecule has 1 aromatic rings. The molecule has 1 amide bonds. The average Bonchev–Trinajstić information content (AvgIpc) is 2.99. The summed E-state index contributed by atoms with van der Waals surface area (Å²) >= 11 is 0. The summed E-state index contributed by atoms with van der Waals surface area (Å²) < 4.78 is 31.7. The van der Waals surface area contributed by atoms with Gasteiger partial charge >= 0.3 is 6.03 Å². The Morgan fingerprint density at radius 3 is 2.41 bits per heavy atom. The van der Waals surface area contributed by atoms with Crippen molar-refractivity contribution in [1.29, 1.82) is 0 Å². The van der Waals surface area contributed by atoms with E-state index in [0.717, 1.165) is 11.0 Å². The van der Waals surface area contributed by atoms with Crippen molar-refractivity contribution in [3.63, 3.8) is 0 Å². The van der Waals surface area contributed by atoms with Crippen LogP contribution in [0.4, 0.5) is 4.79 Å². The van der Waals surface area contributed by atoms with Crippen LogP contribution in [-0.4, -0.2) is 78.3 Å². The molecule has 0 saturated heterocycles. The average molecular weight is 333 g/mol. The molecule has 0 aromatic carbocycles. The largest absolute Gasteiger partial charge is 0.383 e. The van der Waals surface area contributed by atoms with Gasteiger partial charge in [-0.3, -0.25) is 0 Å². The highest BCUT2D eigenvalue weighted by Crippen LogP contribution is 2.10. The van der Waals surface area contributed by atoms with E-state index >= 15 is 0 Å². The molecule has 0 fully saturated rings. The van der Waals surface area contributed by atoms with Crippen LogP contribution < -0.4 is 0 Å². The van der Waals surface area contributed by atoms with E-state index < -0.39 is 16.1 Å². The highest BCUT2D eigenvalue weighted by Gasteiger charge is 2.27. The van der Waals surface area contributed by atoms with E-state index in [4.69, 9.17) is 4.74 Å². The van der Waals surface area contributed by atoms with Crippen molar-refractivity contribution >= 4 is 16.1 Å². The highest BCUT2D eigenvalue weighted by molar-refractivity contribution is 7.88. The van der Waals surface area contributed by atoms with Crippen LogP contribution in [0.15, 0.2) is 11.5 Å². The molecule has 0 spiro atoms. The third kappa shape index (κ3) is 4.02. The van der Waals surface area contributed by atoms with Gasteiger partial charge in [-0.05, 0) is 6.92 Å². The zero-order chi connectivity index (χ0) is 16.8. The van der Waals surface area contributed by atoms with Gasteiger partial charge in [0, 0.05) is 33.3 Å². The first-order valence-electron chi connectivity index (χ1n) is 7.12. The fourth-order valence-corrected chi connectivity index (χ4v) is 3.15. The van der Waals surface area contributed by atoms with Crippen LogP contribution in [0.3, 0.4) is 0 Å². The van der Waals surface area contributed by atoms with E-state index in [1.54, 1.807) is 21.0 Å². The van der Waals surface area contributed by atoms with Gasteiger partial charge in [-0.1, -0.05) is 13.8 Å². The lowest BCUT2D eigenvalue weighted by Gasteiger charge is -2.19. The number of sulfonamides is 1. The van der Waals surface area contributed by atoms with E-state index in [0.29, 0.717) is 32.8 Å². The number of ether oxygens (including phenoxy) is 1. The van der Waals surface area contributed by atoms with E-state index in [1.807, 2.05) is 6.92 Å². The van der Waals surface area contributed by atoms with E-state index in [2.05, 4.69) is 10.1 Å². The summed E-state index contributed by atoms with van der Waals surface area (Å²) in [4.78, 5) is 17.5. The van der Waals surface area contributed by atoms with E-state index in [1.165, 1.54) is 9.21 Å². The monoisotopic (exact) mass is 333 g/mol. The Morgan fingerprint density at radius 1 is 1.27 bits per heavy atom. The van der Waals surface area contributed by atoms with Gasteiger partial charge in [0.15, 0.2) is 0 Å². The second-order valence-electron chi connectivity index (χ2n) is 4.42. The zero-order valence-corrected chi connectivity index (χ0v) is 14.2. The molecule has 0 atom stereocenters. The first kappa shape index (κ1) is 18.5. The number of amides is 1. The summed E-state index contributed by atoms with van der Waals surface area (Å²) in [6, 6.07) is -0.437. The highest BCUT2D eigenvalue weighted by atomic mass is 32.2. The van der Waals surface area contributed by atoms with Crippen LogP contribution in [0.2, 0.25) is 0 Å². The lowest BCUT2D eigenvalue weighted by molar-refractivity contribution is 0.150. The molecule has 1 heterocycles. The second kappa shape index (κ2) is 8.20. The minimum atomic E-state index is -3.77. The maximum Gasteiger partial charge on any atom is 0.346 e. The summed E-state index contributed by atoms with van der Waals surface area (Å²) in [5.41, 5.74) is 0. The number of carbonyl (C=O) groups is 1. The van der Waals surface area contributed by atoms with Crippen LogP contribution in [-0.2, 0) is 14.8 Å². The number of likely N-dealkylation sites (N-methyl/N-ethyl adjacent to an activating group) is 1. The molecular weight excluding hydrogens is 310 g/mol. The van der Waals surface area contributed by atoms with Crippen molar-refractivity contribution in [2.24, 2.45) is 0 Å². The fraction of sp³-hybridized carbons (Fsp3) is 0.750. The number of hydrogen-bond donors (Lipinski definition) is 0. The number of rotatable bonds is 8. The van der Waals surface area contributed by atoms with Crippen molar-refractivity contribution in [1.82, 2.24) is 24.0 Å². The van der Waals surface area contributed by atoms with Crippen LogP contribution in [0.1, 0.15) is 20.8 Å². The Balaban J connectivity index is 2.98.